The van der Waals surface area contributed by atoms with Gasteiger partial charge in [-0.2, -0.15) is 0 Å². The van der Waals surface area contributed by atoms with E-state index >= 15 is 0 Å². The second-order valence-corrected chi connectivity index (χ2v) is 5.56. The van der Waals surface area contributed by atoms with Crippen molar-refractivity contribution in [2.24, 2.45) is 0 Å². The Morgan fingerprint density at radius 3 is 2.84 bits per heavy atom. The summed E-state index contributed by atoms with van der Waals surface area (Å²) in [6.45, 7) is 1.54. The van der Waals surface area contributed by atoms with Crippen LogP contribution in [0.25, 0.3) is 10.9 Å². The Balaban J connectivity index is 1.75. The van der Waals surface area contributed by atoms with Crippen molar-refractivity contribution in [3.8, 4) is 0 Å². The van der Waals surface area contributed by atoms with Gasteiger partial charge in [-0.05, 0) is 37.5 Å². The van der Waals surface area contributed by atoms with Gasteiger partial charge in [-0.1, -0.05) is 20.8 Å². The molecule has 2 heterocycles. The van der Waals surface area contributed by atoms with E-state index in [2.05, 4.69) is 21.0 Å². The summed E-state index contributed by atoms with van der Waals surface area (Å²) in [5.41, 5.74) is 0.801. The van der Waals surface area contributed by atoms with Gasteiger partial charge in [0, 0.05) is 22.9 Å². The lowest BCUT2D eigenvalue weighted by molar-refractivity contribution is 0.0739. The molecule has 0 atom stereocenters. The van der Waals surface area contributed by atoms with Crippen LogP contribution in [-0.2, 0) is 0 Å². The fourth-order valence-corrected chi connectivity index (χ4v) is 2.61. The van der Waals surface area contributed by atoms with E-state index in [1.807, 2.05) is 18.2 Å². The summed E-state index contributed by atoms with van der Waals surface area (Å²) in [6, 6.07) is 5.73. The van der Waals surface area contributed by atoms with Crippen LogP contribution < -0.4 is 4.84 Å². The number of likely N-dealkylation sites (tertiary alicyclic amines) is 1. The van der Waals surface area contributed by atoms with Gasteiger partial charge in [-0.3, -0.25) is 4.84 Å². The zero-order chi connectivity index (χ0) is 13.2. The van der Waals surface area contributed by atoms with Crippen molar-refractivity contribution in [3.05, 3.63) is 28.9 Å². The molecule has 0 spiro atoms. The largest absolute Gasteiger partial charge is 0.435 e. The number of nitrogens with zero attached hydrogens (tertiary/aromatic N) is 3. The van der Waals surface area contributed by atoms with Crippen LogP contribution >= 0.6 is 15.9 Å². The molecule has 0 N–H and O–H groups in total. The van der Waals surface area contributed by atoms with Crippen LogP contribution in [0.1, 0.15) is 19.3 Å². The number of carbonyl (C=O) groups excluding carboxylic acids is 1. The standard InChI is InChI=1S/C13H14BrN3O2/c14-11-4-5-12-10(8-11)9-17(15-12)19-13(18)16-6-2-1-3-7-16/h4-5,8-9H,1-3,6-7H2. The fourth-order valence-electron chi connectivity index (χ4n) is 2.23. The fraction of sp³-hybridized carbons (Fsp3) is 0.385. The highest BCUT2D eigenvalue weighted by molar-refractivity contribution is 9.10. The summed E-state index contributed by atoms with van der Waals surface area (Å²) >= 11 is 3.40. The van der Waals surface area contributed by atoms with Crippen molar-refractivity contribution >= 4 is 32.9 Å². The highest BCUT2D eigenvalue weighted by Crippen LogP contribution is 2.18. The molecular formula is C13H14BrN3O2. The predicted molar refractivity (Wildman–Crippen MR) is 74.8 cm³/mol. The Bertz CT molecular complexity index is 605. The Kier molecular flexibility index (Phi) is 3.42. The molecule has 0 radical (unpaired) electrons. The summed E-state index contributed by atoms with van der Waals surface area (Å²) in [5, 5.41) is 5.15. The molecule has 6 heteroatoms. The van der Waals surface area contributed by atoms with Crippen molar-refractivity contribution in [2.75, 3.05) is 13.1 Å². The number of halogens is 1. The number of benzene rings is 1. The van der Waals surface area contributed by atoms with Crippen LogP contribution in [0.5, 0.6) is 0 Å². The van der Waals surface area contributed by atoms with E-state index in [4.69, 9.17) is 4.84 Å². The molecule has 1 saturated heterocycles. The minimum Gasteiger partial charge on any atom is -0.306 e. The zero-order valence-electron chi connectivity index (χ0n) is 10.4. The van der Waals surface area contributed by atoms with Gasteiger partial charge in [0.2, 0.25) is 0 Å². The van der Waals surface area contributed by atoms with E-state index in [0.29, 0.717) is 0 Å². The molecule has 0 unspecified atom stereocenters. The van der Waals surface area contributed by atoms with Crippen molar-refractivity contribution in [1.82, 2.24) is 14.8 Å². The van der Waals surface area contributed by atoms with Crippen molar-refractivity contribution in [1.29, 1.82) is 0 Å². The van der Waals surface area contributed by atoms with Crippen LogP contribution in [0.3, 0.4) is 0 Å². The van der Waals surface area contributed by atoms with Gasteiger partial charge >= 0.3 is 6.09 Å². The summed E-state index contributed by atoms with van der Waals surface area (Å²) in [6.07, 6.45) is 4.66. The summed E-state index contributed by atoms with van der Waals surface area (Å²) in [7, 11) is 0. The number of hydrogen-bond acceptors (Lipinski definition) is 3. The van der Waals surface area contributed by atoms with Crippen molar-refractivity contribution in [3.63, 3.8) is 0 Å². The number of amides is 1. The Labute approximate surface area is 119 Å². The van der Waals surface area contributed by atoms with Crippen molar-refractivity contribution in [2.45, 2.75) is 19.3 Å². The molecule has 3 rings (SSSR count). The molecule has 1 amide bonds. The van der Waals surface area contributed by atoms with Crippen LogP contribution in [0.4, 0.5) is 4.79 Å². The molecule has 1 aromatic heterocycles. The number of hydrogen-bond donors (Lipinski definition) is 0. The minimum atomic E-state index is -0.327. The third kappa shape index (κ3) is 2.73. The lowest BCUT2D eigenvalue weighted by atomic mass is 10.1. The van der Waals surface area contributed by atoms with Crippen LogP contribution in [0, 0.1) is 0 Å². The number of aromatic nitrogens is 2. The zero-order valence-corrected chi connectivity index (χ0v) is 12.0. The van der Waals surface area contributed by atoms with Gasteiger partial charge in [-0.15, -0.1) is 5.10 Å². The summed E-state index contributed by atoms with van der Waals surface area (Å²) < 4.78 is 0.974. The molecular weight excluding hydrogens is 310 g/mol. The first-order valence-electron chi connectivity index (χ1n) is 6.34. The third-order valence-electron chi connectivity index (χ3n) is 3.23. The maximum absolute atomic E-state index is 11.9. The van der Waals surface area contributed by atoms with Gasteiger partial charge in [0.25, 0.3) is 0 Å². The lowest BCUT2D eigenvalue weighted by Gasteiger charge is -2.24. The molecule has 100 valence electrons. The summed E-state index contributed by atoms with van der Waals surface area (Å²) in [5.74, 6) is 0. The Morgan fingerprint density at radius 1 is 1.26 bits per heavy atom. The first-order chi connectivity index (χ1) is 9.22. The number of fused-ring (bicyclic) bond motifs is 1. The maximum Gasteiger partial charge on any atom is 0.435 e. The normalized spacial score (nSPS) is 15.7. The van der Waals surface area contributed by atoms with Gasteiger partial charge in [0.05, 0.1) is 11.7 Å². The lowest BCUT2D eigenvalue weighted by Crippen LogP contribution is -2.40. The maximum atomic E-state index is 11.9. The quantitative estimate of drug-likeness (QED) is 0.810. The Hall–Kier alpha value is -1.56. The highest BCUT2D eigenvalue weighted by Gasteiger charge is 2.19. The predicted octanol–water partition coefficient (Wildman–Crippen LogP) is 2.83. The second kappa shape index (κ2) is 5.21. The van der Waals surface area contributed by atoms with E-state index in [1.54, 1.807) is 11.1 Å². The third-order valence-corrected chi connectivity index (χ3v) is 3.72. The monoisotopic (exact) mass is 323 g/mol. The topological polar surface area (TPSA) is 47.4 Å². The SMILES string of the molecule is O=C(On1cc2cc(Br)ccc2n1)N1CCCCC1. The molecule has 19 heavy (non-hydrogen) atoms. The molecule has 0 aliphatic carbocycles. The molecule has 1 aliphatic heterocycles. The Morgan fingerprint density at radius 2 is 2.05 bits per heavy atom. The number of piperidine rings is 1. The first-order valence-corrected chi connectivity index (χ1v) is 7.14. The van der Waals surface area contributed by atoms with Gasteiger partial charge in [-0.25, -0.2) is 4.79 Å². The van der Waals surface area contributed by atoms with Crippen LogP contribution in [0.2, 0.25) is 0 Å². The van der Waals surface area contributed by atoms with E-state index in [-0.39, 0.29) is 6.09 Å². The minimum absolute atomic E-state index is 0.327. The molecule has 1 fully saturated rings. The number of rotatable bonds is 1. The van der Waals surface area contributed by atoms with Gasteiger partial charge in [0.15, 0.2) is 0 Å². The van der Waals surface area contributed by atoms with E-state index in [0.717, 1.165) is 41.3 Å². The van der Waals surface area contributed by atoms with Gasteiger partial charge < -0.3 is 4.90 Å². The molecule has 1 aromatic carbocycles. The van der Waals surface area contributed by atoms with Gasteiger partial charge in [0.1, 0.15) is 0 Å². The average molecular weight is 324 g/mol. The highest BCUT2D eigenvalue weighted by atomic mass is 79.9. The number of carbonyl (C=O) groups is 1. The molecule has 2 aromatic rings. The van der Waals surface area contributed by atoms with E-state index in [9.17, 15) is 4.79 Å². The first kappa shape index (κ1) is 12.5. The average Bonchev–Trinajstić information content (AvgIpc) is 2.81. The smallest absolute Gasteiger partial charge is 0.306 e. The molecule has 5 nitrogen and oxygen atoms in total. The van der Waals surface area contributed by atoms with Crippen molar-refractivity contribution < 1.29 is 9.63 Å². The molecule has 0 bridgehead atoms. The van der Waals surface area contributed by atoms with E-state index in [1.165, 1.54) is 11.3 Å². The van der Waals surface area contributed by atoms with E-state index < -0.39 is 0 Å². The molecule has 0 saturated carbocycles. The second-order valence-electron chi connectivity index (χ2n) is 4.64. The summed E-state index contributed by atoms with van der Waals surface area (Å²) in [4.78, 5) is 20.2. The van der Waals surface area contributed by atoms with Crippen LogP contribution in [-0.4, -0.2) is 34.0 Å². The molecule has 1 aliphatic rings. The van der Waals surface area contributed by atoms with Crippen LogP contribution in [0.15, 0.2) is 28.9 Å².